The normalized spacial score (nSPS) is 10.7. The van der Waals surface area contributed by atoms with Gasteiger partial charge in [-0.15, -0.1) is 0 Å². The zero-order valence-corrected chi connectivity index (χ0v) is 10.7. The number of halogens is 3. The number of aromatic nitrogens is 2. The Morgan fingerprint density at radius 3 is 2.67 bits per heavy atom. The van der Waals surface area contributed by atoms with Gasteiger partial charge in [0, 0.05) is 25.2 Å². The third kappa shape index (κ3) is 2.46. The molecule has 1 aromatic carbocycles. The molecule has 96 valence electrons. The van der Waals surface area contributed by atoms with Crippen molar-refractivity contribution in [3.8, 4) is 0 Å². The number of aryl methyl sites for hydroxylation is 2. The second-order valence-corrected chi connectivity index (χ2v) is 4.31. The van der Waals surface area contributed by atoms with E-state index in [1.165, 1.54) is 12.1 Å². The maximum atomic E-state index is 13.4. The first-order valence-corrected chi connectivity index (χ1v) is 5.73. The second kappa shape index (κ2) is 4.94. The van der Waals surface area contributed by atoms with Gasteiger partial charge in [-0.2, -0.15) is 5.10 Å². The van der Waals surface area contributed by atoms with Gasteiger partial charge in [0.05, 0.1) is 11.4 Å². The summed E-state index contributed by atoms with van der Waals surface area (Å²) >= 11 is 6.05. The first-order valence-electron chi connectivity index (χ1n) is 5.36. The minimum Gasteiger partial charge on any atom is -0.378 e. The van der Waals surface area contributed by atoms with E-state index in [1.807, 2.05) is 6.92 Å². The van der Waals surface area contributed by atoms with Crippen LogP contribution in [0.1, 0.15) is 11.3 Å². The molecule has 0 bridgehead atoms. The standard InChI is InChI=1S/C12H12ClF2N3/c1-7-9(12(13)18(2)17-7)6-16-11-4-3-8(14)5-10(11)15/h3-5,16H,6H2,1-2H3. The Bertz CT molecular complexity index is 581. The maximum Gasteiger partial charge on any atom is 0.149 e. The minimum absolute atomic E-state index is 0.232. The van der Waals surface area contributed by atoms with Crippen molar-refractivity contribution in [2.24, 2.45) is 7.05 Å². The van der Waals surface area contributed by atoms with Crippen molar-refractivity contribution >= 4 is 17.3 Å². The van der Waals surface area contributed by atoms with Crippen molar-refractivity contribution in [2.75, 3.05) is 5.32 Å². The first-order chi connectivity index (χ1) is 8.49. The average molecular weight is 272 g/mol. The van der Waals surface area contributed by atoms with Crippen molar-refractivity contribution < 1.29 is 8.78 Å². The molecular weight excluding hydrogens is 260 g/mol. The van der Waals surface area contributed by atoms with Gasteiger partial charge in [0.25, 0.3) is 0 Å². The van der Waals surface area contributed by atoms with E-state index >= 15 is 0 Å². The van der Waals surface area contributed by atoms with E-state index in [0.717, 1.165) is 17.3 Å². The van der Waals surface area contributed by atoms with Crippen LogP contribution in [0.5, 0.6) is 0 Å². The van der Waals surface area contributed by atoms with Crippen molar-refractivity contribution in [3.63, 3.8) is 0 Å². The number of rotatable bonds is 3. The summed E-state index contributed by atoms with van der Waals surface area (Å²) in [5, 5.41) is 7.52. The molecule has 3 nitrogen and oxygen atoms in total. The number of nitrogens with one attached hydrogen (secondary N) is 1. The SMILES string of the molecule is Cc1nn(C)c(Cl)c1CNc1ccc(F)cc1F. The van der Waals surface area contributed by atoms with E-state index in [9.17, 15) is 8.78 Å². The van der Waals surface area contributed by atoms with Gasteiger partial charge >= 0.3 is 0 Å². The van der Waals surface area contributed by atoms with Crippen LogP contribution in [0.3, 0.4) is 0 Å². The van der Waals surface area contributed by atoms with E-state index < -0.39 is 11.6 Å². The second-order valence-electron chi connectivity index (χ2n) is 3.96. The lowest BCUT2D eigenvalue weighted by Gasteiger charge is -2.07. The molecule has 2 aromatic rings. The summed E-state index contributed by atoms with van der Waals surface area (Å²) < 4.78 is 27.7. The van der Waals surface area contributed by atoms with Gasteiger partial charge in [-0.1, -0.05) is 11.6 Å². The Hall–Kier alpha value is -1.62. The van der Waals surface area contributed by atoms with Gasteiger partial charge in [-0.25, -0.2) is 8.78 Å². The summed E-state index contributed by atoms with van der Waals surface area (Å²) in [6, 6.07) is 3.38. The highest BCUT2D eigenvalue weighted by Gasteiger charge is 2.11. The van der Waals surface area contributed by atoms with Crippen molar-refractivity contribution in [2.45, 2.75) is 13.5 Å². The predicted molar refractivity (Wildman–Crippen MR) is 66.6 cm³/mol. The van der Waals surface area contributed by atoms with Gasteiger partial charge in [0.15, 0.2) is 0 Å². The molecule has 0 fully saturated rings. The summed E-state index contributed by atoms with van der Waals surface area (Å²) in [4.78, 5) is 0. The van der Waals surface area contributed by atoms with Crippen LogP contribution in [-0.2, 0) is 13.6 Å². The van der Waals surface area contributed by atoms with Crippen molar-refractivity contribution in [3.05, 3.63) is 46.2 Å². The monoisotopic (exact) mass is 271 g/mol. The average Bonchev–Trinajstić information content (AvgIpc) is 2.53. The van der Waals surface area contributed by atoms with Crippen LogP contribution in [0.4, 0.5) is 14.5 Å². The van der Waals surface area contributed by atoms with Gasteiger partial charge in [-0.3, -0.25) is 4.68 Å². The summed E-state index contributed by atoms with van der Waals surface area (Å²) in [5.74, 6) is -1.23. The molecule has 0 aliphatic carbocycles. The maximum absolute atomic E-state index is 13.4. The van der Waals surface area contributed by atoms with Crippen molar-refractivity contribution in [1.82, 2.24) is 9.78 Å². The number of hydrogen-bond acceptors (Lipinski definition) is 2. The summed E-state index contributed by atoms with van der Waals surface area (Å²) in [7, 11) is 1.73. The first kappa shape index (κ1) is 12.8. The third-order valence-corrected chi connectivity index (χ3v) is 3.13. The molecule has 0 saturated carbocycles. The lowest BCUT2D eigenvalue weighted by molar-refractivity contribution is 0.585. The molecule has 0 unspecified atom stereocenters. The number of benzene rings is 1. The molecule has 0 amide bonds. The molecule has 0 saturated heterocycles. The van der Waals surface area contributed by atoms with E-state index in [2.05, 4.69) is 10.4 Å². The lowest BCUT2D eigenvalue weighted by Crippen LogP contribution is -2.03. The molecule has 1 heterocycles. The zero-order chi connectivity index (χ0) is 13.3. The molecule has 18 heavy (non-hydrogen) atoms. The molecule has 2 rings (SSSR count). The van der Waals surface area contributed by atoms with E-state index in [4.69, 9.17) is 11.6 Å². The molecule has 6 heteroatoms. The van der Waals surface area contributed by atoms with Crippen molar-refractivity contribution in [1.29, 1.82) is 0 Å². The summed E-state index contributed by atoms with van der Waals surface area (Å²) in [6.45, 7) is 2.16. The fraction of sp³-hybridized carbons (Fsp3) is 0.250. The Morgan fingerprint density at radius 1 is 1.39 bits per heavy atom. The summed E-state index contributed by atoms with van der Waals surface area (Å²) in [6.07, 6.45) is 0. The quantitative estimate of drug-likeness (QED) is 0.928. The molecular formula is C12H12ClF2N3. The Balaban J connectivity index is 2.16. The highest BCUT2D eigenvalue weighted by atomic mass is 35.5. The highest BCUT2D eigenvalue weighted by Crippen LogP contribution is 2.21. The van der Waals surface area contributed by atoms with Gasteiger partial charge in [0.2, 0.25) is 0 Å². The van der Waals surface area contributed by atoms with Gasteiger partial charge in [0.1, 0.15) is 16.8 Å². The third-order valence-electron chi connectivity index (χ3n) is 2.66. The van der Waals surface area contributed by atoms with Crippen LogP contribution in [-0.4, -0.2) is 9.78 Å². The van der Waals surface area contributed by atoms with Crippen LogP contribution < -0.4 is 5.32 Å². The van der Waals surface area contributed by atoms with Crippen LogP contribution in [0, 0.1) is 18.6 Å². The molecule has 0 atom stereocenters. The zero-order valence-electron chi connectivity index (χ0n) is 9.97. The fourth-order valence-electron chi connectivity index (χ4n) is 1.69. The topological polar surface area (TPSA) is 29.9 Å². The minimum atomic E-state index is -0.632. The predicted octanol–water partition coefficient (Wildman–Crippen LogP) is 3.27. The lowest BCUT2D eigenvalue weighted by atomic mass is 10.2. The number of anilines is 1. The molecule has 0 spiro atoms. The Morgan fingerprint density at radius 2 is 2.11 bits per heavy atom. The molecule has 1 aromatic heterocycles. The van der Waals surface area contributed by atoms with E-state index in [-0.39, 0.29) is 5.69 Å². The van der Waals surface area contributed by atoms with Crippen LogP contribution in [0.15, 0.2) is 18.2 Å². The smallest absolute Gasteiger partial charge is 0.149 e. The molecule has 1 N–H and O–H groups in total. The van der Waals surface area contributed by atoms with E-state index in [1.54, 1.807) is 11.7 Å². The van der Waals surface area contributed by atoms with Crippen LogP contribution in [0.25, 0.3) is 0 Å². The fourth-order valence-corrected chi connectivity index (χ4v) is 1.93. The van der Waals surface area contributed by atoms with Gasteiger partial charge in [-0.05, 0) is 19.1 Å². The largest absolute Gasteiger partial charge is 0.378 e. The van der Waals surface area contributed by atoms with Gasteiger partial charge < -0.3 is 5.32 Å². The number of nitrogens with zero attached hydrogens (tertiary/aromatic N) is 2. The summed E-state index contributed by atoms with van der Waals surface area (Å²) in [5.41, 5.74) is 1.80. The molecule has 0 aliphatic heterocycles. The Labute approximate surface area is 108 Å². The molecule has 0 radical (unpaired) electrons. The van der Waals surface area contributed by atoms with Crippen LogP contribution >= 0.6 is 11.6 Å². The van der Waals surface area contributed by atoms with Crippen LogP contribution in [0.2, 0.25) is 5.15 Å². The molecule has 0 aliphatic rings. The highest BCUT2D eigenvalue weighted by molar-refractivity contribution is 6.30. The number of hydrogen-bond donors (Lipinski definition) is 1. The Kier molecular flexibility index (Phi) is 3.52. The van der Waals surface area contributed by atoms with E-state index in [0.29, 0.717) is 11.7 Å².